The van der Waals surface area contributed by atoms with E-state index in [2.05, 4.69) is 10.3 Å². The number of aromatic nitrogens is 1. The van der Waals surface area contributed by atoms with Gasteiger partial charge in [-0.1, -0.05) is 0 Å². The van der Waals surface area contributed by atoms with Crippen molar-refractivity contribution in [3.8, 4) is 10.6 Å². The molecule has 2 aliphatic rings. The first-order chi connectivity index (χ1) is 13.1. The molecule has 2 amide bonds. The Balaban J connectivity index is 1.46. The smallest absolute Gasteiger partial charge is 0.273 e. The Morgan fingerprint density at radius 1 is 1.26 bits per heavy atom. The molecule has 2 fully saturated rings. The van der Waals surface area contributed by atoms with Crippen LogP contribution in [0.15, 0.2) is 29.6 Å². The molecule has 1 atom stereocenters. The highest BCUT2D eigenvalue weighted by Gasteiger charge is 2.32. The number of nitrogens with one attached hydrogen (secondary N) is 1. The van der Waals surface area contributed by atoms with Gasteiger partial charge in [-0.25, -0.2) is 9.37 Å². The highest BCUT2D eigenvalue weighted by molar-refractivity contribution is 7.13. The van der Waals surface area contributed by atoms with Gasteiger partial charge in [-0.2, -0.15) is 0 Å². The Hall–Kier alpha value is -2.32. The third-order valence-electron chi connectivity index (χ3n) is 5.07. The van der Waals surface area contributed by atoms with Gasteiger partial charge in [0, 0.05) is 43.2 Å². The van der Waals surface area contributed by atoms with Gasteiger partial charge in [0.1, 0.15) is 16.5 Å². The van der Waals surface area contributed by atoms with E-state index in [-0.39, 0.29) is 23.7 Å². The lowest BCUT2D eigenvalue weighted by Crippen LogP contribution is -2.57. The maximum absolute atomic E-state index is 13.1. The fourth-order valence-electron chi connectivity index (χ4n) is 3.66. The van der Waals surface area contributed by atoms with Crippen molar-refractivity contribution in [1.29, 1.82) is 0 Å². The van der Waals surface area contributed by atoms with Crippen molar-refractivity contribution in [2.24, 2.45) is 0 Å². The molecule has 2 aliphatic heterocycles. The van der Waals surface area contributed by atoms with E-state index in [4.69, 9.17) is 0 Å². The van der Waals surface area contributed by atoms with Gasteiger partial charge < -0.3 is 15.1 Å². The second kappa shape index (κ2) is 7.74. The number of hydrogen-bond donors (Lipinski definition) is 1. The van der Waals surface area contributed by atoms with Crippen LogP contribution in [0, 0.1) is 5.82 Å². The number of thiazole rings is 1. The van der Waals surface area contributed by atoms with Gasteiger partial charge in [0.15, 0.2) is 0 Å². The zero-order valence-corrected chi connectivity index (χ0v) is 15.7. The predicted octanol–water partition coefficient (Wildman–Crippen LogP) is 1.99. The van der Waals surface area contributed by atoms with Gasteiger partial charge in [0.05, 0.1) is 6.54 Å². The predicted molar refractivity (Wildman–Crippen MR) is 101 cm³/mol. The van der Waals surface area contributed by atoms with Crippen molar-refractivity contribution < 1.29 is 14.0 Å². The van der Waals surface area contributed by atoms with Crippen LogP contribution >= 0.6 is 11.3 Å². The number of piperidine rings is 1. The monoisotopic (exact) mass is 388 g/mol. The number of carbonyl (C=O) groups is 2. The molecule has 0 spiro atoms. The fourth-order valence-corrected chi connectivity index (χ4v) is 4.46. The topological polar surface area (TPSA) is 65.5 Å². The van der Waals surface area contributed by atoms with Gasteiger partial charge in [0.25, 0.3) is 5.91 Å². The van der Waals surface area contributed by atoms with E-state index in [0.717, 1.165) is 24.9 Å². The van der Waals surface area contributed by atoms with E-state index in [1.54, 1.807) is 22.4 Å². The van der Waals surface area contributed by atoms with E-state index in [0.29, 0.717) is 36.9 Å². The SMILES string of the molecule is O=C(c1csc(-c2ccc(F)cc2)n1)N1CCCC(N2CCNCC2=O)C1. The Labute approximate surface area is 161 Å². The number of rotatable bonds is 3. The van der Waals surface area contributed by atoms with Crippen molar-refractivity contribution in [1.82, 2.24) is 20.1 Å². The lowest BCUT2D eigenvalue weighted by atomic mass is 10.0. The van der Waals surface area contributed by atoms with Crippen LogP contribution in [0.1, 0.15) is 23.3 Å². The third-order valence-corrected chi connectivity index (χ3v) is 5.96. The Bertz CT molecular complexity index is 838. The molecule has 2 aromatic rings. The van der Waals surface area contributed by atoms with Crippen molar-refractivity contribution in [2.75, 3.05) is 32.7 Å². The van der Waals surface area contributed by atoms with Crippen LogP contribution in [0.25, 0.3) is 10.6 Å². The summed E-state index contributed by atoms with van der Waals surface area (Å²) < 4.78 is 13.1. The molecule has 1 unspecified atom stereocenters. The standard InChI is InChI=1S/C19H21FN4O2S/c20-14-5-3-13(4-6-14)18-22-16(12-27-18)19(26)23-8-1-2-15(11-23)24-9-7-21-10-17(24)25/h3-6,12,15,21H,1-2,7-11H2. The van der Waals surface area contributed by atoms with Crippen LogP contribution in [0.2, 0.25) is 0 Å². The number of benzene rings is 1. The van der Waals surface area contributed by atoms with E-state index in [1.807, 2.05) is 4.90 Å². The fraction of sp³-hybridized carbons (Fsp3) is 0.421. The first-order valence-electron chi connectivity index (χ1n) is 9.13. The van der Waals surface area contributed by atoms with E-state index >= 15 is 0 Å². The maximum Gasteiger partial charge on any atom is 0.273 e. The Morgan fingerprint density at radius 3 is 2.85 bits per heavy atom. The molecule has 0 aliphatic carbocycles. The summed E-state index contributed by atoms with van der Waals surface area (Å²) in [6.45, 7) is 3.09. The maximum atomic E-state index is 13.1. The molecule has 2 saturated heterocycles. The van der Waals surface area contributed by atoms with Gasteiger partial charge >= 0.3 is 0 Å². The molecule has 142 valence electrons. The second-order valence-electron chi connectivity index (χ2n) is 6.86. The van der Waals surface area contributed by atoms with Crippen LogP contribution in [-0.4, -0.2) is 65.4 Å². The molecule has 8 heteroatoms. The minimum atomic E-state index is -0.298. The molecule has 0 saturated carbocycles. The summed E-state index contributed by atoms with van der Waals surface area (Å²) in [6, 6.07) is 6.17. The normalized spacial score (nSPS) is 20.8. The summed E-state index contributed by atoms with van der Waals surface area (Å²) in [5.74, 6) is -0.298. The largest absolute Gasteiger partial charge is 0.336 e. The van der Waals surface area contributed by atoms with Crippen LogP contribution in [0.5, 0.6) is 0 Å². The Kier molecular flexibility index (Phi) is 5.18. The minimum absolute atomic E-state index is 0.0764. The van der Waals surface area contributed by atoms with E-state index in [1.165, 1.54) is 23.5 Å². The molecule has 27 heavy (non-hydrogen) atoms. The second-order valence-corrected chi connectivity index (χ2v) is 7.71. The lowest BCUT2D eigenvalue weighted by Gasteiger charge is -2.40. The Morgan fingerprint density at radius 2 is 2.07 bits per heavy atom. The van der Waals surface area contributed by atoms with E-state index in [9.17, 15) is 14.0 Å². The number of hydrogen-bond acceptors (Lipinski definition) is 5. The summed E-state index contributed by atoms with van der Waals surface area (Å²) in [4.78, 5) is 33.2. The molecule has 0 bridgehead atoms. The molecule has 4 rings (SSSR count). The molecule has 1 aromatic carbocycles. The molecule has 1 N–H and O–H groups in total. The molecular weight excluding hydrogens is 367 g/mol. The minimum Gasteiger partial charge on any atom is -0.336 e. The van der Waals surface area contributed by atoms with E-state index < -0.39 is 0 Å². The number of amides is 2. The van der Waals surface area contributed by atoms with Crippen LogP contribution < -0.4 is 5.32 Å². The number of likely N-dealkylation sites (tertiary alicyclic amines) is 1. The molecule has 3 heterocycles. The number of nitrogens with zero attached hydrogens (tertiary/aromatic N) is 3. The third kappa shape index (κ3) is 3.86. The molecule has 0 radical (unpaired) electrons. The number of piperazine rings is 1. The number of carbonyl (C=O) groups excluding carboxylic acids is 2. The average molecular weight is 388 g/mol. The van der Waals surface area contributed by atoms with Gasteiger partial charge in [-0.3, -0.25) is 9.59 Å². The quantitative estimate of drug-likeness (QED) is 0.873. The molecule has 6 nitrogen and oxygen atoms in total. The van der Waals surface area contributed by atoms with Crippen molar-refractivity contribution in [3.63, 3.8) is 0 Å². The summed E-state index contributed by atoms with van der Waals surface area (Å²) in [5, 5.41) is 5.53. The van der Waals surface area contributed by atoms with Gasteiger partial charge in [0.2, 0.25) is 5.91 Å². The van der Waals surface area contributed by atoms with Gasteiger partial charge in [-0.15, -0.1) is 11.3 Å². The zero-order valence-electron chi connectivity index (χ0n) is 14.9. The van der Waals surface area contributed by atoms with Crippen LogP contribution in [-0.2, 0) is 4.79 Å². The zero-order chi connectivity index (χ0) is 18.8. The molecular formula is C19H21FN4O2S. The highest BCUT2D eigenvalue weighted by Crippen LogP contribution is 2.25. The first kappa shape index (κ1) is 18.1. The summed E-state index contributed by atoms with van der Waals surface area (Å²) >= 11 is 1.38. The lowest BCUT2D eigenvalue weighted by molar-refractivity contribution is -0.135. The number of halogens is 1. The average Bonchev–Trinajstić information content (AvgIpc) is 3.18. The van der Waals surface area contributed by atoms with Crippen molar-refractivity contribution in [3.05, 3.63) is 41.2 Å². The first-order valence-corrected chi connectivity index (χ1v) is 10.0. The van der Waals surface area contributed by atoms with Crippen LogP contribution in [0.4, 0.5) is 4.39 Å². The summed E-state index contributed by atoms with van der Waals surface area (Å²) in [5.41, 5.74) is 1.20. The summed E-state index contributed by atoms with van der Waals surface area (Å²) in [7, 11) is 0. The van der Waals surface area contributed by atoms with Crippen molar-refractivity contribution >= 4 is 23.2 Å². The van der Waals surface area contributed by atoms with Crippen molar-refractivity contribution in [2.45, 2.75) is 18.9 Å². The molecule has 1 aromatic heterocycles. The summed E-state index contributed by atoms with van der Waals surface area (Å²) in [6.07, 6.45) is 1.80. The van der Waals surface area contributed by atoms with Gasteiger partial charge in [-0.05, 0) is 37.1 Å². The highest BCUT2D eigenvalue weighted by atomic mass is 32.1. The van der Waals surface area contributed by atoms with Crippen LogP contribution in [0.3, 0.4) is 0 Å².